The Bertz CT molecular complexity index is 552. The zero-order valence-corrected chi connectivity index (χ0v) is 13.1. The molecule has 1 N–H and O–H groups in total. The first kappa shape index (κ1) is 14.4. The van der Waals surface area contributed by atoms with Crippen molar-refractivity contribution in [1.82, 2.24) is 20.5 Å². The Morgan fingerprint density at radius 1 is 1.37 bits per heavy atom. The number of thioether (sulfide) groups is 1. The molecule has 2 aromatic heterocycles. The molecule has 2 aromatic rings. The van der Waals surface area contributed by atoms with Gasteiger partial charge < -0.3 is 5.32 Å². The molecule has 0 aromatic carbocycles. The van der Waals surface area contributed by atoms with Crippen molar-refractivity contribution >= 4 is 40.3 Å². The van der Waals surface area contributed by atoms with E-state index in [0.29, 0.717) is 13.0 Å². The second-order valence-electron chi connectivity index (χ2n) is 3.82. The molecule has 19 heavy (non-hydrogen) atoms. The van der Waals surface area contributed by atoms with Crippen LogP contribution in [0.2, 0.25) is 0 Å². The molecule has 0 atom stereocenters. The Labute approximate surface area is 123 Å². The summed E-state index contributed by atoms with van der Waals surface area (Å²) in [7, 11) is 0. The number of nitrogens with one attached hydrogen (secondary N) is 1. The highest BCUT2D eigenvalue weighted by atomic mass is 32.2. The van der Waals surface area contributed by atoms with Crippen molar-refractivity contribution in [1.29, 1.82) is 0 Å². The minimum atomic E-state index is 0.0133. The van der Waals surface area contributed by atoms with E-state index in [1.54, 1.807) is 34.4 Å². The van der Waals surface area contributed by atoms with Gasteiger partial charge in [-0.2, -0.15) is 0 Å². The number of amides is 1. The van der Waals surface area contributed by atoms with Gasteiger partial charge in [0, 0.05) is 17.7 Å². The van der Waals surface area contributed by atoms with Gasteiger partial charge in [-0.3, -0.25) is 4.79 Å². The summed E-state index contributed by atoms with van der Waals surface area (Å²) in [5.74, 6) is 0.815. The average Bonchev–Trinajstić information content (AvgIpc) is 2.94. The Kier molecular flexibility index (Phi) is 5.29. The zero-order valence-electron chi connectivity index (χ0n) is 10.7. The van der Waals surface area contributed by atoms with Gasteiger partial charge in [-0.15, -0.1) is 21.5 Å². The molecule has 0 aliphatic heterocycles. The first-order valence-corrected chi connectivity index (χ1v) is 8.42. The van der Waals surface area contributed by atoms with Gasteiger partial charge in [-0.05, 0) is 13.8 Å². The number of carbonyl (C=O) groups is 1. The number of hydrogen-bond donors (Lipinski definition) is 1. The molecule has 8 heteroatoms. The van der Waals surface area contributed by atoms with E-state index in [-0.39, 0.29) is 5.91 Å². The monoisotopic (exact) mass is 314 g/mol. The molecule has 2 rings (SSSR count). The fourth-order valence-electron chi connectivity index (χ4n) is 1.38. The molecule has 0 unspecified atom stereocenters. The second kappa shape index (κ2) is 6.97. The summed E-state index contributed by atoms with van der Waals surface area (Å²) in [6.07, 6.45) is 0.354. The standard InChI is InChI=1S/C11H14N4OS3/c1-7-13-9(6-18-7)5-10(16)12-3-4-17-11-15-14-8(2)19-11/h6H,3-5H2,1-2H3,(H,12,16). The van der Waals surface area contributed by atoms with E-state index in [0.717, 1.165) is 25.8 Å². The van der Waals surface area contributed by atoms with E-state index in [9.17, 15) is 4.79 Å². The maximum Gasteiger partial charge on any atom is 0.226 e. The number of aryl methyl sites for hydroxylation is 2. The quantitative estimate of drug-likeness (QED) is 0.653. The highest BCUT2D eigenvalue weighted by Crippen LogP contribution is 2.20. The number of aromatic nitrogens is 3. The van der Waals surface area contributed by atoms with Crippen LogP contribution in [0.1, 0.15) is 15.7 Å². The van der Waals surface area contributed by atoms with Crippen LogP contribution in [-0.2, 0) is 11.2 Å². The number of nitrogens with zero attached hydrogens (tertiary/aromatic N) is 3. The largest absolute Gasteiger partial charge is 0.355 e. The second-order valence-corrected chi connectivity index (χ2v) is 7.41. The molecule has 1 amide bonds. The third kappa shape index (κ3) is 4.88. The third-order valence-electron chi connectivity index (χ3n) is 2.17. The summed E-state index contributed by atoms with van der Waals surface area (Å²) >= 11 is 4.75. The maximum atomic E-state index is 11.7. The van der Waals surface area contributed by atoms with Crippen molar-refractivity contribution in [2.75, 3.05) is 12.3 Å². The Hall–Kier alpha value is -0.990. The van der Waals surface area contributed by atoms with Crippen LogP contribution in [0.3, 0.4) is 0 Å². The Morgan fingerprint density at radius 2 is 2.21 bits per heavy atom. The molecule has 5 nitrogen and oxygen atoms in total. The van der Waals surface area contributed by atoms with Crippen molar-refractivity contribution in [2.45, 2.75) is 24.6 Å². The van der Waals surface area contributed by atoms with Crippen LogP contribution in [-0.4, -0.2) is 33.4 Å². The lowest BCUT2D eigenvalue weighted by Crippen LogP contribution is -2.27. The van der Waals surface area contributed by atoms with Gasteiger partial charge in [-0.1, -0.05) is 23.1 Å². The van der Waals surface area contributed by atoms with Crippen LogP contribution in [0, 0.1) is 13.8 Å². The van der Waals surface area contributed by atoms with Crippen molar-refractivity contribution in [3.8, 4) is 0 Å². The van der Waals surface area contributed by atoms with Crippen molar-refractivity contribution < 1.29 is 4.79 Å². The average molecular weight is 314 g/mol. The lowest BCUT2D eigenvalue weighted by atomic mass is 10.3. The molecule has 0 saturated carbocycles. The summed E-state index contributed by atoms with van der Waals surface area (Å²) in [6, 6.07) is 0. The molecule has 0 aliphatic carbocycles. The first-order chi connectivity index (χ1) is 9.13. The van der Waals surface area contributed by atoms with E-state index >= 15 is 0 Å². The molecule has 102 valence electrons. The van der Waals surface area contributed by atoms with E-state index in [4.69, 9.17) is 0 Å². The highest BCUT2D eigenvalue weighted by molar-refractivity contribution is 8.01. The fraction of sp³-hybridized carbons (Fsp3) is 0.455. The zero-order chi connectivity index (χ0) is 13.7. The van der Waals surface area contributed by atoms with Crippen LogP contribution in [0.15, 0.2) is 9.72 Å². The van der Waals surface area contributed by atoms with E-state index in [1.807, 2.05) is 19.2 Å². The molecular weight excluding hydrogens is 300 g/mol. The van der Waals surface area contributed by atoms with Gasteiger partial charge in [0.1, 0.15) is 5.01 Å². The summed E-state index contributed by atoms with van der Waals surface area (Å²) in [5.41, 5.74) is 0.840. The summed E-state index contributed by atoms with van der Waals surface area (Å²) in [5, 5.41) is 14.7. The van der Waals surface area contributed by atoms with Crippen molar-refractivity contribution in [2.24, 2.45) is 0 Å². The predicted molar refractivity (Wildman–Crippen MR) is 78.9 cm³/mol. The van der Waals surface area contributed by atoms with Crippen LogP contribution in [0.4, 0.5) is 0 Å². The van der Waals surface area contributed by atoms with E-state index in [2.05, 4.69) is 20.5 Å². The number of carbonyl (C=O) groups excluding carboxylic acids is 1. The van der Waals surface area contributed by atoms with Gasteiger partial charge in [0.25, 0.3) is 0 Å². The van der Waals surface area contributed by atoms with Gasteiger partial charge in [0.15, 0.2) is 4.34 Å². The third-order valence-corrected chi connectivity index (χ3v) is 4.96. The van der Waals surface area contributed by atoms with Crippen molar-refractivity contribution in [3.63, 3.8) is 0 Å². The number of thiazole rings is 1. The SMILES string of the molecule is Cc1nc(CC(=O)NCCSc2nnc(C)s2)cs1. The molecule has 0 bridgehead atoms. The number of hydrogen-bond acceptors (Lipinski definition) is 7. The van der Waals surface area contributed by atoms with Crippen molar-refractivity contribution in [3.05, 3.63) is 21.1 Å². The van der Waals surface area contributed by atoms with Crippen LogP contribution in [0.5, 0.6) is 0 Å². The molecule has 0 saturated heterocycles. The minimum Gasteiger partial charge on any atom is -0.355 e. The molecule has 0 fully saturated rings. The van der Waals surface area contributed by atoms with Crippen LogP contribution < -0.4 is 5.32 Å². The molecule has 0 spiro atoms. The van der Waals surface area contributed by atoms with E-state index < -0.39 is 0 Å². The summed E-state index contributed by atoms with van der Waals surface area (Å²) < 4.78 is 0.946. The van der Waals surface area contributed by atoms with Gasteiger partial charge >= 0.3 is 0 Å². The molecule has 0 radical (unpaired) electrons. The van der Waals surface area contributed by atoms with Gasteiger partial charge in [0.05, 0.1) is 17.1 Å². The van der Waals surface area contributed by atoms with Crippen LogP contribution >= 0.6 is 34.4 Å². The Morgan fingerprint density at radius 3 is 2.84 bits per heavy atom. The Balaban J connectivity index is 1.64. The van der Waals surface area contributed by atoms with Crippen LogP contribution in [0.25, 0.3) is 0 Å². The minimum absolute atomic E-state index is 0.0133. The van der Waals surface area contributed by atoms with Gasteiger partial charge in [0.2, 0.25) is 5.91 Å². The normalized spacial score (nSPS) is 10.6. The predicted octanol–water partition coefficient (Wildman–Crippen LogP) is 2.06. The maximum absolute atomic E-state index is 11.7. The topological polar surface area (TPSA) is 67.8 Å². The smallest absolute Gasteiger partial charge is 0.226 e. The highest BCUT2D eigenvalue weighted by Gasteiger charge is 2.06. The first-order valence-electron chi connectivity index (χ1n) is 5.74. The number of rotatable bonds is 6. The molecular formula is C11H14N4OS3. The lowest BCUT2D eigenvalue weighted by Gasteiger charge is -2.02. The lowest BCUT2D eigenvalue weighted by molar-refractivity contribution is -0.120. The van der Waals surface area contributed by atoms with E-state index in [1.165, 1.54) is 0 Å². The molecule has 2 heterocycles. The van der Waals surface area contributed by atoms with Gasteiger partial charge in [-0.25, -0.2) is 4.98 Å². The summed E-state index contributed by atoms with van der Waals surface area (Å²) in [6.45, 7) is 4.50. The summed E-state index contributed by atoms with van der Waals surface area (Å²) in [4.78, 5) is 15.9. The molecule has 0 aliphatic rings. The fourth-order valence-corrected chi connectivity index (χ4v) is 3.74.